The second kappa shape index (κ2) is 19.3. The minimum Gasteiger partial charge on any atom is -0.317 e. The van der Waals surface area contributed by atoms with Crippen molar-refractivity contribution in [2.24, 2.45) is 0 Å². The van der Waals surface area contributed by atoms with Gasteiger partial charge in [-0.2, -0.15) is 10.5 Å². The number of allylic oxidation sites excluding steroid dienone is 1. The van der Waals surface area contributed by atoms with E-state index in [1.54, 1.807) is 18.0 Å². The summed E-state index contributed by atoms with van der Waals surface area (Å²) >= 11 is 5.71. The fraction of sp³-hybridized carbons (Fsp3) is 0.128. The number of anilines is 6. The molecule has 8 heteroatoms. The molecule has 1 saturated heterocycles. The first kappa shape index (κ1) is 52.4. The molecule has 1 amide bonds. The van der Waals surface area contributed by atoms with Crippen molar-refractivity contribution in [3.05, 3.63) is 306 Å². The third kappa shape index (κ3) is 7.17. The molecule has 1 fully saturated rings. The number of likely N-dealkylation sites (N-methyl/N-ethyl adjacent to an activating group) is 2. The number of benzene rings is 10. The maximum atomic E-state index is 13.8. The summed E-state index contributed by atoms with van der Waals surface area (Å²) in [5.74, 6) is -0.127. The standard InChI is InChI=1S/C78H58N6OS/c1-46-35-47(2)73(48(3)36-46)83-68-30-17-15-27-63(68)78(66-42-52(32-34-70(66)83)43-71-75(85)82(7)76(86)81(71)6)61-25-13-10-22-58(61)72-55(19-18-28-64(72)78)40-53-37-49(4)74(50(5)38-53)84-67-29-16-14-26-62(67)77(65-41-51(31-33-69(65)84)39-54(44-79)45-80)59-23-11-8-20-56(59)57-21-9-12-24-60(57)77/h8-39,41-43H,40H2,1-7H3/b71-43+. The molecule has 0 bridgehead atoms. The second-order valence-corrected chi connectivity index (χ2v) is 24.1. The van der Waals surface area contributed by atoms with Gasteiger partial charge in [0.1, 0.15) is 23.4 Å². The summed E-state index contributed by atoms with van der Waals surface area (Å²) in [5, 5.41) is 20.4. The highest BCUT2D eigenvalue weighted by Gasteiger charge is 2.54. The van der Waals surface area contributed by atoms with Gasteiger partial charge in [-0.25, -0.2) is 0 Å². The smallest absolute Gasteiger partial charge is 0.276 e. The van der Waals surface area contributed by atoms with Crippen LogP contribution in [0.3, 0.4) is 0 Å². The van der Waals surface area contributed by atoms with E-state index in [-0.39, 0.29) is 11.5 Å². The molecule has 3 heterocycles. The van der Waals surface area contributed by atoms with Gasteiger partial charge in [0.2, 0.25) is 0 Å². The topological polar surface area (TPSA) is 77.6 Å². The van der Waals surface area contributed by atoms with Crippen molar-refractivity contribution < 1.29 is 4.79 Å². The van der Waals surface area contributed by atoms with Gasteiger partial charge in [-0.1, -0.05) is 169 Å². The lowest BCUT2D eigenvalue weighted by atomic mass is 9.64. The van der Waals surface area contributed by atoms with Crippen molar-refractivity contribution in [1.29, 1.82) is 10.5 Å². The Morgan fingerprint density at radius 1 is 0.477 bits per heavy atom. The minimum absolute atomic E-state index is 0.0558. The minimum atomic E-state index is -0.744. The first-order valence-corrected chi connectivity index (χ1v) is 29.7. The zero-order valence-corrected chi connectivity index (χ0v) is 49.7. The summed E-state index contributed by atoms with van der Waals surface area (Å²) in [4.78, 5) is 22.1. The number of nitriles is 2. The first-order valence-electron chi connectivity index (χ1n) is 29.3. The monoisotopic (exact) mass is 1130 g/mol. The second-order valence-electron chi connectivity index (χ2n) is 23.8. The van der Waals surface area contributed by atoms with Gasteiger partial charge in [0, 0.05) is 14.1 Å². The average Bonchev–Trinajstić information content (AvgIpc) is 1.43. The third-order valence-corrected chi connectivity index (χ3v) is 19.4. The van der Waals surface area contributed by atoms with Crippen LogP contribution in [0.15, 0.2) is 211 Å². The summed E-state index contributed by atoms with van der Waals surface area (Å²) in [6, 6.07) is 78.0. The number of carbonyl (C=O) groups excluding carboxylic acids is 1. The molecule has 2 aliphatic carbocycles. The van der Waals surface area contributed by atoms with Crippen molar-refractivity contribution in [3.8, 4) is 34.4 Å². The van der Waals surface area contributed by atoms with Crippen LogP contribution < -0.4 is 9.80 Å². The molecular formula is C78H58N6OS. The molecule has 0 radical (unpaired) electrons. The zero-order valence-electron chi connectivity index (χ0n) is 48.9. The van der Waals surface area contributed by atoms with Crippen molar-refractivity contribution in [2.45, 2.75) is 51.9 Å². The van der Waals surface area contributed by atoms with Crippen molar-refractivity contribution in [1.82, 2.24) is 9.80 Å². The predicted octanol–water partition coefficient (Wildman–Crippen LogP) is 17.6. The van der Waals surface area contributed by atoms with Crippen molar-refractivity contribution in [3.63, 3.8) is 0 Å². The summed E-state index contributed by atoms with van der Waals surface area (Å²) in [6.07, 6.45) is 4.38. The SMILES string of the molecule is Cc1cc(C)c(N2c3ccccc3C3(c4ccccc4-c4c(Cc5cc(C)c(N6c7ccccc7C7(c8ccccc8-c8ccccc87)c7cc(C=C(C#N)C#N)ccc76)c(C)c5)cccc43)c3cc(/C=C4\C(=O)N(C)C(=S)N4C)ccc32)c(C)c1. The lowest BCUT2D eigenvalue weighted by Gasteiger charge is -2.46. The predicted molar refractivity (Wildman–Crippen MR) is 351 cm³/mol. The highest BCUT2D eigenvalue weighted by Crippen LogP contribution is 2.66. The molecule has 0 N–H and O–H groups in total. The van der Waals surface area contributed by atoms with E-state index in [1.807, 2.05) is 24.1 Å². The van der Waals surface area contributed by atoms with Crippen molar-refractivity contribution in [2.75, 3.05) is 23.9 Å². The molecule has 1 unspecified atom stereocenters. The fourth-order valence-electron chi connectivity index (χ4n) is 15.8. The number of aryl methyl sites for hydroxylation is 5. The molecule has 0 aromatic heterocycles. The number of hydrogen-bond acceptors (Lipinski definition) is 6. The number of rotatable bonds is 6. The molecule has 2 spiro atoms. The first-order chi connectivity index (χ1) is 41.8. The summed E-state index contributed by atoms with van der Waals surface area (Å²) in [6.45, 7) is 11.1. The molecule has 15 rings (SSSR count). The van der Waals surface area contributed by atoms with E-state index in [4.69, 9.17) is 12.2 Å². The van der Waals surface area contributed by atoms with E-state index in [1.165, 1.54) is 83.5 Å². The summed E-state index contributed by atoms with van der Waals surface area (Å²) < 4.78 is 0. The fourth-order valence-corrected chi connectivity index (χ4v) is 16.0. The van der Waals surface area contributed by atoms with Crippen LogP contribution in [-0.2, 0) is 22.0 Å². The number of fused-ring (bicyclic) bond motifs is 18. The molecule has 5 aliphatic rings. The van der Waals surface area contributed by atoms with E-state index in [2.05, 4.69) is 251 Å². The Balaban J connectivity index is 0.907. The number of para-hydroxylation sites is 2. The lowest BCUT2D eigenvalue weighted by Crippen LogP contribution is -2.36. The summed E-state index contributed by atoms with van der Waals surface area (Å²) in [7, 11) is 3.61. The highest BCUT2D eigenvalue weighted by atomic mass is 32.1. The van der Waals surface area contributed by atoms with Crippen LogP contribution in [0.1, 0.15) is 94.6 Å². The Bertz CT molecular complexity index is 4730. The molecule has 86 heavy (non-hydrogen) atoms. The number of hydrogen-bond donors (Lipinski definition) is 0. The molecule has 0 saturated carbocycles. The number of nitrogens with zero attached hydrogens (tertiary/aromatic N) is 6. The highest BCUT2D eigenvalue weighted by molar-refractivity contribution is 7.80. The largest absolute Gasteiger partial charge is 0.317 e. The van der Waals surface area contributed by atoms with E-state index in [0.29, 0.717) is 17.2 Å². The van der Waals surface area contributed by atoms with Crippen molar-refractivity contribution >= 4 is 69.5 Å². The van der Waals surface area contributed by atoms with E-state index in [9.17, 15) is 15.3 Å². The van der Waals surface area contributed by atoms with Gasteiger partial charge in [-0.15, -0.1) is 0 Å². The summed E-state index contributed by atoms with van der Waals surface area (Å²) in [5.41, 5.74) is 30.1. The van der Waals surface area contributed by atoms with Crippen LogP contribution in [0, 0.1) is 57.3 Å². The molecule has 3 aliphatic heterocycles. The van der Waals surface area contributed by atoms with Crippen LogP contribution in [0.2, 0.25) is 0 Å². The normalized spacial score (nSPS) is 16.5. The number of carbonyl (C=O) groups is 1. The molecule has 7 nitrogen and oxygen atoms in total. The Morgan fingerprint density at radius 3 is 1.45 bits per heavy atom. The molecule has 412 valence electrons. The van der Waals surface area contributed by atoms with Gasteiger partial charge < -0.3 is 14.7 Å². The number of thiocarbonyl (C=S) groups is 1. The van der Waals surface area contributed by atoms with Crippen LogP contribution in [0.25, 0.3) is 34.4 Å². The van der Waals surface area contributed by atoms with Crippen LogP contribution in [0.4, 0.5) is 34.1 Å². The van der Waals surface area contributed by atoms with Gasteiger partial charge >= 0.3 is 0 Å². The Morgan fingerprint density at radius 2 is 0.919 bits per heavy atom. The molecule has 10 aromatic carbocycles. The zero-order chi connectivity index (χ0) is 59.1. The lowest BCUT2D eigenvalue weighted by molar-refractivity contribution is -0.121. The molecular weight excluding hydrogens is 1070 g/mol. The van der Waals surface area contributed by atoms with Gasteiger partial charge in [0.15, 0.2) is 5.11 Å². The Kier molecular flexibility index (Phi) is 11.8. The van der Waals surface area contributed by atoms with Gasteiger partial charge in [-0.3, -0.25) is 9.69 Å². The van der Waals surface area contributed by atoms with E-state index < -0.39 is 10.8 Å². The Labute approximate surface area is 507 Å². The molecule has 10 aromatic rings. The van der Waals surface area contributed by atoms with Gasteiger partial charge in [0.05, 0.1) is 45.0 Å². The van der Waals surface area contributed by atoms with Gasteiger partial charge in [-0.05, 0) is 213 Å². The van der Waals surface area contributed by atoms with E-state index >= 15 is 0 Å². The molecule has 1 atom stereocenters. The maximum absolute atomic E-state index is 13.8. The van der Waals surface area contributed by atoms with Gasteiger partial charge in [0.25, 0.3) is 5.91 Å². The maximum Gasteiger partial charge on any atom is 0.276 e. The van der Waals surface area contributed by atoms with Crippen LogP contribution in [0.5, 0.6) is 0 Å². The van der Waals surface area contributed by atoms with E-state index in [0.717, 1.165) is 67.5 Å². The van der Waals surface area contributed by atoms with Crippen LogP contribution >= 0.6 is 12.2 Å². The quantitative estimate of drug-likeness (QED) is 0.0932. The van der Waals surface area contributed by atoms with Crippen LogP contribution in [-0.4, -0.2) is 34.9 Å². The average molecular weight is 1130 g/mol. The third-order valence-electron chi connectivity index (χ3n) is 18.9. The Hall–Kier alpha value is -10.4. The number of amides is 1.